The standard InChI is InChI=1S/C29H30N6S/c1-20-9-8-14-23-24(20)25-27-30-19-31-35(27)29(32-28(25)36-23)34-17-15-33(16-18-34)26(21-10-4-2-5-11-21)22-12-6-3-7-13-22/h2-7,10-13,19-20,26H,8-9,14-18H2,1H3/t20-/m0/s1. The lowest BCUT2D eigenvalue weighted by Gasteiger charge is -2.40. The Kier molecular flexibility index (Phi) is 5.47. The van der Waals surface area contributed by atoms with E-state index < -0.39 is 0 Å². The first-order valence-electron chi connectivity index (χ1n) is 13.0. The molecule has 1 saturated heterocycles. The van der Waals surface area contributed by atoms with Crippen LogP contribution in [0.25, 0.3) is 15.9 Å². The van der Waals surface area contributed by atoms with Crippen LogP contribution in [0.1, 0.15) is 53.3 Å². The van der Waals surface area contributed by atoms with Gasteiger partial charge in [0.1, 0.15) is 11.2 Å². The van der Waals surface area contributed by atoms with Crippen LogP contribution in [-0.4, -0.2) is 50.7 Å². The lowest BCUT2D eigenvalue weighted by Crippen LogP contribution is -2.48. The average Bonchev–Trinajstić information content (AvgIpc) is 3.55. The van der Waals surface area contributed by atoms with Crippen molar-refractivity contribution in [1.29, 1.82) is 0 Å². The van der Waals surface area contributed by atoms with Gasteiger partial charge in [0.2, 0.25) is 5.95 Å². The van der Waals surface area contributed by atoms with Crippen molar-refractivity contribution in [2.24, 2.45) is 0 Å². The number of hydrogen-bond donors (Lipinski definition) is 0. The minimum Gasteiger partial charge on any atom is -0.338 e. The molecule has 2 aliphatic rings. The molecule has 1 fully saturated rings. The van der Waals surface area contributed by atoms with Crippen molar-refractivity contribution < 1.29 is 0 Å². The highest BCUT2D eigenvalue weighted by Crippen LogP contribution is 2.43. The number of hydrogen-bond acceptors (Lipinski definition) is 6. The average molecular weight is 495 g/mol. The van der Waals surface area contributed by atoms with Crippen molar-refractivity contribution in [3.8, 4) is 0 Å². The molecule has 0 radical (unpaired) electrons. The number of piperazine rings is 1. The molecule has 36 heavy (non-hydrogen) atoms. The molecule has 0 amide bonds. The monoisotopic (exact) mass is 494 g/mol. The highest BCUT2D eigenvalue weighted by Gasteiger charge is 2.30. The van der Waals surface area contributed by atoms with E-state index in [0.29, 0.717) is 5.92 Å². The predicted molar refractivity (Wildman–Crippen MR) is 146 cm³/mol. The molecule has 0 spiro atoms. The van der Waals surface area contributed by atoms with Crippen LogP contribution in [0.3, 0.4) is 0 Å². The fourth-order valence-corrected chi connectivity index (χ4v) is 7.48. The van der Waals surface area contributed by atoms with Crippen molar-refractivity contribution in [2.75, 3.05) is 31.1 Å². The fourth-order valence-electron chi connectivity index (χ4n) is 6.16. The molecule has 1 atom stereocenters. The molecular weight excluding hydrogens is 464 g/mol. The summed E-state index contributed by atoms with van der Waals surface area (Å²) in [7, 11) is 0. The molecular formula is C29H30N6S. The van der Waals surface area contributed by atoms with Crippen LogP contribution in [0.2, 0.25) is 0 Å². The van der Waals surface area contributed by atoms with Crippen molar-refractivity contribution in [3.63, 3.8) is 0 Å². The summed E-state index contributed by atoms with van der Waals surface area (Å²) < 4.78 is 1.98. The third-order valence-corrected chi connectivity index (χ3v) is 9.05. The van der Waals surface area contributed by atoms with Gasteiger partial charge in [0.25, 0.3) is 0 Å². The Hall–Kier alpha value is -3.29. The Morgan fingerprint density at radius 3 is 2.31 bits per heavy atom. The summed E-state index contributed by atoms with van der Waals surface area (Å²) in [6.45, 7) is 6.08. The number of benzene rings is 2. The number of fused-ring (bicyclic) bond motifs is 5. The largest absolute Gasteiger partial charge is 0.338 e. The van der Waals surface area contributed by atoms with Crippen molar-refractivity contribution in [2.45, 2.75) is 38.1 Å². The number of anilines is 1. The molecule has 182 valence electrons. The Morgan fingerprint density at radius 1 is 0.917 bits per heavy atom. The molecule has 4 heterocycles. The number of nitrogens with zero attached hydrogens (tertiary/aromatic N) is 6. The minimum atomic E-state index is 0.252. The van der Waals surface area contributed by atoms with E-state index in [1.807, 2.05) is 15.9 Å². The second kappa shape index (κ2) is 8.98. The lowest BCUT2D eigenvalue weighted by molar-refractivity contribution is 0.211. The predicted octanol–water partition coefficient (Wildman–Crippen LogP) is 5.69. The summed E-state index contributed by atoms with van der Waals surface area (Å²) in [5.41, 5.74) is 5.12. The smallest absolute Gasteiger partial charge is 0.230 e. The van der Waals surface area contributed by atoms with Gasteiger partial charge in [-0.3, -0.25) is 4.90 Å². The second-order valence-corrected chi connectivity index (χ2v) is 11.2. The van der Waals surface area contributed by atoms with Crippen molar-refractivity contribution in [1.82, 2.24) is 24.5 Å². The molecule has 1 aliphatic heterocycles. The molecule has 1 aliphatic carbocycles. The summed E-state index contributed by atoms with van der Waals surface area (Å²) in [5, 5.41) is 5.87. The van der Waals surface area contributed by atoms with Gasteiger partial charge >= 0.3 is 0 Å². The van der Waals surface area contributed by atoms with E-state index in [1.54, 1.807) is 6.33 Å². The Bertz CT molecular complexity index is 1460. The zero-order chi connectivity index (χ0) is 24.1. The molecule has 0 unspecified atom stereocenters. The van der Waals surface area contributed by atoms with Gasteiger partial charge in [-0.25, -0.2) is 9.97 Å². The first-order valence-corrected chi connectivity index (χ1v) is 13.8. The maximum absolute atomic E-state index is 5.21. The van der Waals surface area contributed by atoms with Gasteiger partial charge in [-0.2, -0.15) is 9.61 Å². The van der Waals surface area contributed by atoms with Crippen molar-refractivity contribution in [3.05, 3.63) is 88.6 Å². The number of aromatic nitrogens is 4. The quantitative estimate of drug-likeness (QED) is 0.321. The summed E-state index contributed by atoms with van der Waals surface area (Å²) in [6, 6.07) is 22.0. The molecule has 0 saturated carbocycles. The van der Waals surface area contributed by atoms with Crippen LogP contribution in [0.15, 0.2) is 67.0 Å². The Morgan fingerprint density at radius 2 is 1.61 bits per heavy atom. The number of thiophene rings is 1. The molecule has 7 heteroatoms. The second-order valence-electron chi connectivity index (χ2n) is 10.1. The van der Waals surface area contributed by atoms with Crippen LogP contribution < -0.4 is 4.90 Å². The third kappa shape index (κ3) is 3.61. The zero-order valence-electron chi connectivity index (χ0n) is 20.5. The maximum Gasteiger partial charge on any atom is 0.230 e. The van der Waals surface area contributed by atoms with Crippen LogP contribution in [0.5, 0.6) is 0 Å². The maximum atomic E-state index is 5.21. The van der Waals surface area contributed by atoms with Crippen LogP contribution in [0, 0.1) is 0 Å². The van der Waals surface area contributed by atoms with Gasteiger partial charge in [-0.05, 0) is 41.9 Å². The van der Waals surface area contributed by atoms with Gasteiger partial charge < -0.3 is 4.90 Å². The molecule has 2 aromatic carbocycles. The Balaban J connectivity index is 1.22. The molecule has 7 rings (SSSR count). The van der Waals surface area contributed by atoms with E-state index >= 15 is 0 Å². The topological polar surface area (TPSA) is 49.6 Å². The van der Waals surface area contributed by atoms with E-state index in [2.05, 4.69) is 82.5 Å². The van der Waals surface area contributed by atoms with Crippen LogP contribution in [0.4, 0.5) is 5.95 Å². The molecule has 0 bridgehead atoms. The van der Waals surface area contributed by atoms with E-state index in [-0.39, 0.29) is 6.04 Å². The van der Waals surface area contributed by atoms with Gasteiger partial charge in [0, 0.05) is 31.1 Å². The van der Waals surface area contributed by atoms with E-state index in [4.69, 9.17) is 9.97 Å². The molecule has 3 aromatic heterocycles. The van der Waals surface area contributed by atoms with Gasteiger partial charge in [-0.15, -0.1) is 11.3 Å². The number of aryl methyl sites for hydroxylation is 1. The molecule has 0 N–H and O–H groups in total. The van der Waals surface area contributed by atoms with E-state index in [9.17, 15) is 0 Å². The zero-order valence-corrected chi connectivity index (χ0v) is 21.4. The lowest BCUT2D eigenvalue weighted by atomic mass is 9.87. The Labute approximate surface area is 215 Å². The van der Waals surface area contributed by atoms with Crippen LogP contribution >= 0.6 is 11.3 Å². The summed E-state index contributed by atoms with van der Waals surface area (Å²) in [5.74, 6) is 1.49. The molecule has 5 aromatic rings. The summed E-state index contributed by atoms with van der Waals surface area (Å²) in [6.07, 6.45) is 5.36. The number of rotatable bonds is 4. The SMILES string of the molecule is C[C@H]1CCCc2sc3nc(N4CCN(C(c5ccccc5)c5ccccc5)CC4)n4ncnc4c3c21. The fraction of sp³-hybridized carbons (Fsp3) is 0.345. The van der Waals surface area contributed by atoms with E-state index in [1.165, 1.54) is 39.8 Å². The highest BCUT2D eigenvalue weighted by molar-refractivity contribution is 7.19. The van der Waals surface area contributed by atoms with Gasteiger partial charge in [-0.1, -0.05) is 67.6 Å². The first kappa shape index (κ1) is 21.9. The first-order chi connectivity index (χ1) is 17.8. The van der Waals surface area contributed by atoms with Crippen LogP contribution in [-0.2, 0) is 6.42 Å². The van der Waals surface area contributed by atoms with E-state index in [0.717, 1.165) is 49.0 Å². The third-order valence-electron chi connectivity index (χ3n) is 7.89. The van der Waals surface area contributed by atoms with Gasteiger partial charge in [0.05, 0.1) is 11.4 Å². The highest BCUT2D eigenvalue weighted by atomic mass is 32.1. The summed E-state index contributed by atoms with van der Waals surface area (Å²) >= 11 is 1.87. The molecule has 6 nitrogen and oxygen atoms in total. The minimum absolute atomic E-state index is 0.252. The summed E-state index contributed by atoms with van der Waals surface area (Å²) in [4.78, 5) is 17.5. The van der Waals surface area contributed by atoms with Crippen molar-refractivity contribution >= 4 is 33.1 Å². The van der Waals surface area contributed by atoms with Gasteiger partial charge in [0.15, 0.2) is 5.65 Å². The normalized spacial score (nSPS) is 18.8.